The molecule has 2 N–H and O–H groups in total. The van der Waals surface area contributed by atoms with Crippen molar-refractivity contribution in [3.8, 4) is 11.1 Å². The predicted octanol–water partition coefficient (Wildman–Crippen LogP) is 3.31. The quantitative estimate of drug-likeness (QED) is 0.452. The van der Waals surface area contributed by atoms with E-state index in [4.69, 9.17) is 4.98 Å². The van der Waals surface area contributed by atoms with Crippen molar-refractivity contribution in [1.29, 1.82) is 0 Å². The molecule has 5 heterocycles. The summed E-state index contributed by atoms with van der Waals surface area (Å²) >= 11 is 0. The Bertz CT molecular complexity index is 1270. The highest BCUT2D eigenvalue weighted by atomic mass is 19.1. The fourth-order valence-corrected chi connectivity index (χ4v) is 4.34. The number of hydrogen-bond acceptors (Lipinski definition) is 6. The third kappa shape index (κ3) is 4.34. The van der Waals surface area contributed by atoms with E-state index in [1.807, 2.05) is 35.8 Å². The maximum absolute atomic E-state index is 14.8. The lowest BCUT2D eigenvalue weighted by atomic mass is 10.1. The largest absolute Gasteiger partial charge is 0.318 e. The zero-order valence-corrected chi connectivity index (χ0v) is 19.2. The third-order valence-corrected chi connectivity index (χ3v) is 6.13. The van der Waals surface area contributed by atoms with Gasteiger partial charge in [-0.2, -0.15) is 9.18 Å². The van der Waals surface area contributed by atoms with Crippen molar-refractivity contribution in [1.82, 2.24) is 34.5 Å². The van der Waals surface area contributed by atoms with Crippen LogP contribution in [0.1, 0.15) is 36.7 Å². The highest BCUT2D eigenvalue weighted by molar-refractivity contribution is 5.70. The summed E-state index contributed by atoms with van der Waals surface area (Å²) < 4.78 is 16.7. The number of aromatic nitrogens is 5. The van der Waals surface area contributed by atoms with E-state index < -0.39 is 5.95 Å². The van der Waals surface area contributed by atoms with Gasteiger partial charge < -0.3 is 9.72 Å². The minimum absolute atomic E-state index is 0.282. The Morgan fingerprint density at radius 2 is 2.09 bits per heavy atom. The second kappa shape index (κ2) is 8.92. The average Bonchev–Trinajstić information content (AvgIpc) is 3.40. The molecule has 9 heteroatoms. The molecule has 8 nitrogen and oxygen atoms in total. The van der Waals surface area contributed by atoms with Gasteiger partial charge in [0.1, 0.15) is 5.82 Å². The second-order valence-electron chi connectivity index (χ2n) is 8.81. The maximum atomic E-state index is 14.8. The number of fused-ring (bicyclic) bond motifs is 2. The fraction of sp³-hybridized carbons (Fsp3) is 0.375. The van der Waals surface area contributed by atoms with Gasteiger partial charge in [0.15, 0.2) is 0 Å². The maximum Gasteiger partial charge on any atom is 0.242 e. The summed E-state index contributed by atoms with van der Waals surface area (Å²) in [6.45, 7) is 8.09. The van der Waals surface area contributed by atoms with Crippen LogP contribution in [0.25, 0.3) is 16.6 Å². The molecule has 4 aromatic heterocycles. The number of pyridine rings is 2. The predicted molar refractivity (Wildman–Crippen MR) is 127 cm³/mol. The van der Waals surface area contributed by atoms with Crippen molar-refractivity contribution >= 4 is 11.3 Å². The molecule has 0 aliphatic carbocycles. The van der Waals surface area contributed by atoms with E-state index in [-0.39, 0.29) is 5.92 Å². The molecule has 0 saturated carbocycles. The number of hydrogen-bond donors (Lipinski definition) is 2. The van der Waals surface area contributed by atoms with E-state index in [0.29, 0.717) is 11.4 Å². The molecule has 1 aliphatic heterocycles. The number of nitrogens with one attached hydrogen (secondary N) is 2. The summed E-state index contributed by atoms with van der Waals surface area (Å²) in [5, 5.41) is 7.22. The molecule has 4 aromatic rings. The van der Waals surface area contributed by atoms with Crippen molar-refractivity contribution in [3.63, 3.8) is 0 Å². The van der Waals surface area contributed by atoms with Crippen LogP contribution in [-0.2, 0) is 13.0 Å². The van der Waals surface area contributed by atoms with Crippen LogP contribution >= 0.6 is 0 Å². The molecule has 172 valence electrons. The molecule has 0 saturated heterocycles. The topological polar surface area (TPSA) is 75.3 Å². The third-order valence-electron chi connectivity index (χ3n) is 6.13. The Morgan fingerprint density at radius 3 is 2.91 bits per heavy atom. The van der Waals surface area contributed by atoms with Crippen molar-refractivity contribution < 1.29 is 4.39 Å². The smallest absolute Gasteiger partial charge is 0.242 e. The SMILES string of the molecule is CNCCN1CCc2nc(Nn3cc(-c4ccn5cnc(C(C)C)c5c4)c(F)n3)ccc2C1. The van der Waals surface area contributed by atoms with Gasteiger partial charge in [0.25, 0.3) is 0 Å². The van der Waals surface area contributed by atoms with Gasteiger partial charge in [0.05, 0.1) is 29.3 Å². The summed E-state index contributed by atoms with van der Waals surface area (Å²) in [5.41, 5.74) is 8.59. The zero-order chi connectivity index (χ0) is 22.9. The van der Waals surface area contributed by atoms with Gasteiger partial charge in [-0.15, -0.1) is 5.10 Å². The van der Waals surface area contributed by atoms with Crippen molar-refractivity contribution in [2.75, 3.05) is 32.1 Å². The molecule has 0 atom stereocenters. The zero-order valence-electron chi connectivity index (χ0n) is 19.2. The van der Waals surface area contributed by atoms with E-state index >= 15 is 0 Å². The number of halogens is 1. The first-order chi connectivity index (χ1) is 16.0. The number of imidazole rings is 1. The van der Waals surface area contributed by atoms with Gasteiger partial charge in [0, 0.05) is 44.5 Å². The number of likely N-dealkylation sites (N-methyl/N-ethyl adjacent to an activating group) is 1. The molecule has 33 heavy (non-hydrogen) atoms. The molecular weight excluding hydrogens is 419 g/mol. The minimum Gasteiger partial charge on any atom is -0.318 e. The first-order valence-corrected chi connectivity index (χ1v) is 11.4. The molecule has 0 bridgehead atoms. The summed E-state index contributed by atoms with van der Waals surface area (Å²) in [7, 11) is 1.97. The van der Waals surface area contributed by atoms with Crippen LogP contribution in [0.2, 0.25) is 0 Å². The Kier molecular flexibility index (Phi) is 5.82. The normalized spacial score (nSPS) is 14.2. The standard InChI is InChI=1S/C24H29FN8/c1-16(2)23-21-12-17(6-10-32(21)15-27-23)19-14-33(30-24(19)25)29-22-5-4-18-13-31(11-8-26-3)9-7-20(18)28-22/h4-6,10,12,14-16,26H,7-9,11,13H2,1-3H3,(H,28,29). The minimum atomic E-state index is -0.532. The Hall–Kier alpha value is -3.30. The molecule has 0 amide bonds. The van der Waals surface area contributed by atoms with E-state index in [1.165, 1.54) is 10.4 Å². The van der Waals surface area contributed by atoms with Gasteiger partial charge in [-0.25, -0.2) is 9.97 Å². The Morgan fingerprint density at radius 1 is 1.21 bits per heavy atom. The van der Waals surface area contributed by atoms with E-state index in [0.717, 1.165) is 55.1 Å². The van der Waals surface area contributed by atoms with Crippen LogP contribution in [0, 0.1) is 5.95 Å². The molecule has 0 fully saturated rings. The molecule has 0 radical (unpaired) electrons. The molecule has 0 aromatic carbocycles. The van der Waals surface area contributed by atoms with Crippen LogP contribution in [0.5, 0.6) is 0 Å². The van der Waals surface area contributed by atoms with Crippen LogP contribution in [0.3, 0.4) is 0 Å². The molecule has 0 spiro atoms. The van der Waals surface area contributed by atoms with Gasteiger partial charge in [0.2, 0.25) is 5.95 Å². The van der Waals surface area contributed by atoms with Gasteiger partial charge in [-0.3, -0.25) is 10.3 Å². The highest BCUT2D eigenvalue weighted by Gasteiger charge is 2.18. The first-order valence-electron chi connectivity index (χ1n) is 11.4. The lowest BCUT2D eigenvalue weighted by molar-refractivity contribution is 0.254. The molecular formula is C24H29FN8. The average molecular weight is 449 g/mol. The van der Waals surface area contributed by atoms with Crippen LogP contribution in [-0.4, -0.2) is 55.8 Å². The fourth-order valence-electron chi connectivity index (χ4n) is 4.34. The van der Waals surface area contributed by atoms with Crippen molar-refractivity contribution in [2.24, 2.45) is 0 Å². The highest BCUT2D eigenvalue weighted by Crippen LogP contribution is 2.27. The monoisotopic (exact) mass is 448 g/mol. The van der Waals surface area contributed by atoms with Gasteiger partial charge in [-0.05, 0) is 42.3 Å². The lowest BCUT2D eigenvalue weighted by Gasteiger charge is -2.28. The van der Waals surface area contributed by atoms with Crippen molar-refractivity contribution in [2.45, 2.75) is 32.7 Å². The first kappa shape index (κ1) is 21.5. The second-order valence-corrected chi connectivity index (χ2v) is 8.81. The van der Waals surface area contributed by atoms with Crippen molar-refractivity contribution in [3.05, 3.63) is 65.9 Å². The van der Waals surface area contributed by atoms with Crippen LogP contribution in [0.15, 0.2) is 43.0 Å². The van der Waals surface area contributed by atoms with E-state index in [9.17, 15) is 4.39 Å². The van der Waals surface area contributed by atoms with Gasteiger partial charge >= 0.3 is 0 Å². The summed E-state index contributed by atoms with van der Waals surface area (Å²) in [6.07, 6.45) is 6.25. The van der Waals surface area contributed by atoms with E-state index in [2.05, 4.69) is 45.6 Å². The lowest BCUT2D eigenvalue weighted by Crippen LogP contribution is -2.35. The summed E-state index contributed by atoms with van der Waals surface area (Å²) in [6, 6.07) is 7.86. The molecule has 1 aliphatic rings. The number of nitrogens with zero attached hydrogens (tertiary/aromatic N) is 6. The molecule has 0 unspecified atom stereocenters. The summed E-state index contributed by atoms with van der Waals surface area (Å²) in [5.74, 6) is 0.403. The Balaban J connectivity index is 1.36. The van der Waals surface area contributed by atoms with Gasteiger partial charge in [-0.1, -0.05) is 19.9 Å². The summed E-state index contributed by atoms with van der Waals surface area (Å²) in [4.78, 5) is 13.1. The number of anilines is 1. The number of rotatable bonds is 7. The molecule has 5 rings (SSSR count). The van der Waals surface area contributed by atoms with E-state index in [1.54, 1.807) is 12.5 Å². The van der Waals surface area contributed by atoms with Crippen LogP contribution < -0.4 is 10.7 Å². The van der Waals surface area contributed by atoms with Crippen LogP contribution in [0.4, 0.5) is 10.2 Å². The Labute approximate surface area is 192 Å².